The van der Waals surface area contributed by atoms with Gasteiger partial charge in [-0.3, -0.25) is 4.79 Å². The quantitative estimate of drug-likeness (QED) is 0.652. The van der Waals surface area contributed by atoms with Crippen LogP contribution in [0, 0.1) is 5.92 Å². The van der Waals surface area contributed by atoms with E-state index < -0.39 is 0 Å². The van der Waals surface area contributed by atoms with E-state index in [1.807, 2.05) is 11.8 Å². The van der Waals surface area contributed by atoms with Gasteiger partial charge < -0.3 is 15.7 Å². The number of β-amino-alcohol motifs (C(OH)–C–C–N with tert-alkyl or cyclic N) is 1. The number of amides is 1. The molecule has 1 amide bonds. The number of carbonyl (C=O) groups is 1. The van der Waals surface area contributed by atoms with E-state index in [4.69, 9.17) is 0 Å². The number of nitrogens with one attached hydrogen (secondary N) is 2. The summed E-state index contributed by atoms with van der Waals surface area (Å²) in [5.74, 6) is 3.15. The molecule has 2 saturated heterocycles. The first-order valence-electron chi connectivity index (χ1n) is 6.02. The average molecular weight is 244 g/mol. The molecule has 2 unspecified atom stereocenters. The molecule has 0 aromatic heterocycles. The minimum atomic E-state index is -0.359. The Balaban J connectivity index is 1.67. The van der Waals surface area contributed by atoms with Crippen molar-refractivity contribution < 1.29 is 9.90 Å². The number of hydrogen-bond donors (Lipinski definition) is 3. The normalized spacial score (nSPS) is 31.6. The highest BCUT2D eigenvalue weighted by Gasteiger charge is 2.28. The molecule has 0 bridgehead atoms. The monoisotopic (exact) mass is 244 g/mol. The van der Waals surface area contributed by atoms with Crippen LogP contribution >= 0.6 is 11.8 Å². The lowest BCUT2D eigenvalue weighted by molar-refractivity contribution is -0.123. The van der Waals surface area contributed by atoms with Crippen molar-refractivity contribution in [3.8, 4) is 0 Å². The van der Waals surface area contributed by atoms with Crippen LogP contribution in [0.25, 0.3) is 0 Å². The maximum Gasteiger partial charge on any atom is 0.237 e. The summed E-state index contributed by atoms with van der Waals surface area (Å²) in [4.78, 5) is 11.7. The molecule has 2 aliphatic heterocycles. The van der Waals surface area contributed by atoms with Gasteiger partial charge in [0.1, 0.15) is 0 Å². The number of rotatable bonds is 3. The maximum absolute atomic E-state index is 11.7. The molecule has 0 aromatic carbocycles. The smallest absolute Gasteiger partial charge is 0.237 e. The summed E-state index contributed by atoms with van der Waals surface area (Å²) in [6.45, 7) is 1.34. The molecule has 3 N–H and O–H groups in total. The van der Waals surface area contributed by atoms with Gasteiger partial charge in [-0.15, -0.1) is 0 Å². The van der Waals surface area contributed by atoms with Gasteiger partial charge in [0.15, 0.2) is 0 Å². The summed E-state index contributed by atoms with van der Waals surface area (Å²) < 4.78 is 0. The van der Waals surface area contributed by atoms with Gasteiger partial charge in [-0.2, -0.15) is 11.8 Å². The molecule has 0 aliphatic carbocycles. The van der Waals surface area contributed by atoms with Gasteiger partial charge in [-0.1, -0.05) is 0 Å². The lowest BCUT2D eigenvalue weighted by Crippen LogP contribution is -2.42. The highest BCUT2D eigenvalue weighted by Crippen LogP contribution is 2.21. The van der Waals surface area contributed by atoms with Gasteiger partial charge in [0.05, 0.1) is 12.1 Å². The SMILES string of the molecule is O=C(NCC1CCSCC1)C1CC(O)CN1. The summed E-state index contributed by atoms with van der Waals surface area (Å²) in [5.41, 5.74) is 0. The second-order valence-corrected chi connectivity index (χ2v) is 5.88. The van der Waals surface area contributed by atoms with Crippen molar-refractivity contribution in [3.63, 3.8) is 0 Å². The molecule has 0 spiro atoms. The van der Waals surface area contributed by atoms with Crippen LogP contribution in [0.3, 0.4) is 0 Å². The average Bonchev–Trinajstić information content (AvgIpc) is 2.74. The van der Waals surface area contributed by atoms with Gasteiger partial charge >= 0.3 is 0 Å². The molecule has 0 aromatic rings. The zero-order chi connectivity index (χ0) is 11.4. The van der Waals surface area contributed by atoms with Crippen LogP contribution in [-0.4, -0.2) is 47.8 Å². The molecular weight excluding hydrogens is 224 g/mol. The van der Waals surface area contributed by atoms with Gasteiger partial charge in [0.25, 0.3) is 0 Å². The van der Waals surface area contributed by atoms with Crippen LogP contribution in [0.4, 0.5) is 0 Å². The molecule has 2 fully saturated rings. The number of thioether (sulfide) groups is 1. The Bertz CT molecular complexity index is 244. The van der Waals surface area contributed by atoms with Gasteiger partial charge in [0.2, 0.25) is 5.91 Å². The molecule has 0 radical (unpaired) electrons. The van der Waals surface area contributed by atoms with Crippen LogP contribution in [-0.2, 0) is 4.79 Å². The topological polar surface area (TPSA) is 61.4 Å². The zero-order valence-electron chi connectivity index (χ0n) is 9.45. The Kier molecular flexibility index (Phi) is 4.49. The molecule has 2 aliphatic rings. The summed E-state index contributed by atoms with van der Waals surface area (Å²) in [6.07, 6.45) is 2.62. The molecular formula is C11H20N2O2S. The van der Waals surface area contributed by atoms with E-state index in [9.17, 15) is 9.90 Å². The van der Waals surface area contributed by atoms with E-state index in [-0.39, 0.29) is 18.1 Å². The fourth-order valence-corrected chi connectivity index (χ4v) is 3.44. The maximum atomic E-state index is 11.7. The van der Waals surface area contributed by atoms with Crippen molar-refractivity contribution in [3.05, 3.63) is 0 Å². The summed E-state index contributed by atoms with van der Waals surface area (Å²) in [5, 5.41) is 15.3. The second kappa shape index (κ2) is 5.89. The third kappa shape index (κ3) is 3.37. The highest BCUT2D eigenvalue weighted by atomic mass is 32.2. The lowest BCUT2D eigenvalue weighted by atomic mass is 10.0. The molecule has 92 valence electrons. The van der Waals surface area contributed by atoms with Crippen molar-refractivity contribution >= 4 is 17.7 Å². The molecule has 5 heteroatoms. The minimum absolute atomic E-state index is 0.0507. The van der Waals surface area contributed by atoms with Crippen LogP contribution < -0.4 is 10.6 Å². The van der Waals surface area contributed by atoms with Crippen LogP contribution in [0.5, 0.6) is 0 Å². The first kappa shape index (κ1) is 12.2. The van der Waals surface area contributed by atoms with E-state index in [2.05, 4.69) is 10.6 Å². The van der Waals surface area contributed by atoms with Gasteiger partial charge in [-0.05, 0) is 36.7 Å². The van der Waals surface area contributed by atoms with Crippen molar-refractivity contribution in [1.82, 2.24) is 10.6 Å². The highest BCUT2D eigenvalue weighted by molar-refractivity contribution is 7.99. The van der Waals surface area contributed by atoms with Crippen molar-refractivity contribution in [2.45, 2.75) is 31.4 Å². The van der Waals surface area contributed by atoms with E-state index >= 15 is 0 Å². The summed E-state index contributed by atoms with van der Waals surface area (Å²) in [7, 11) is 0. The standard InChI is InChI=1S/C11H20N2O2S/c14-9-5-10(12-7-9)11(15)13-6-8-1-3-16-4-2-8/h8-10,12,14H,1-7H2,(H,13,15). The van der Waals surface area contributed by atoms with Crippen molar-refractivity contribution in [2.24, 2.45) is 5.92 Å². The van der Waals surface area contributed by atoms with E-state index in [0.29, 0.717) is 18.9 Å². The number of hydrogen-bond acceptors (Lipinski definition) is 4. The molecule has 0 saturated carbocycles. The fourth-order valence-electron chi connectivity index (χ4n) is 2.24. The molecule has 2 atom stereocenters. The van der Waals surface area contributed by atoms with E-state index in [1.165, 1.54) is 24.3 Å². The number of carbonyl (C=O) groups excluding carboxylic acids is 1. The summed E-state index contributed by atoms with van der Waals surface area (Å²) in [6, 6.07) is -0.187. The molecule has 2 rings (SSSR count). The Morgan fingerprint density at radius 3 is 2.81 bits per heavy atom. The van der Waals surface area contributed by atoms with Gasteiger partial charge in [-0.25, -0.2) is 0 Å². The van der Waals surface area contributed by atoms with Crippen molar-refractivity contribution in [1.29, 1.82) is 0 Å². The predicted octanol–water partition coefficient (Wildman–Crippen LogP) is -0.0314. The largest absolute Gasteiger partial charge is 0.392 e. The molecule has 4 nitrogen and oxygen atoms in total. The molecule has 16 heavy (non-hydrogen) atoms. The van der Waals surface area contributed by atoms with E-state index in [0.717, 1.165) is 6.54 Å². The van der Waals surface area contributed by atoms with Gasteiger partial charge in [0, 0.05) is 13.1 Å². The minimum Gasteiger partial charge on any atom is -0.392 e. The first-order valence-corrected chi connectivity index (χ1v) is 7.18. The van der Waals surface area contributed by atoms with Crippen LogP contribution in [0.1, 0.15) is 19.3 Å². The summed E-state index contributed by atoms with van der Waals surface area (Å²) >= 11 is 2.00. The Morgan fingerprint density at radius 1 is 1.44 bits per heavy atom. The third-order valence-corrected chi connectivity index (χ3v) is 4.38. The van der Waals surface area contributed by atoms with E-state index in [1.54, 1.807) is 0 Å². The fraction of sp³-hybridized carbons (Fsp3) is 0.909. The zero-order valence-corrected chi connectivity index (χ0v) is 10.3. The van der Waals surface area contributed by atoms with Crippen LogP contribution in [0.2, 0.25) is 0 Å². The molecule has 2 heterocycles. The number of aliphatic hydroxyl groups excluding tert-OH is 1. The number of aliphatic hydroxyl groups is 1. The Hall–Kier alpha value is -0.260. The Morgan fingerprint density at radius 2 is 2.19 bits per heavy atom. The van der Waals surface area contributed by atoms with Crippen LogP contribution in [0.15, 0.2) is 0 Å². The first-order chi connectivity index (χ1) is 7.75. The lowest BCUT2D eigenvalue weighted by Gasteiger charge is -2.22. The van der Waals surface area contributed by atoms with Crippen molar-refractivity contribution in [2.75, 3.05) is 24.6 Å². The Labute approximate surface area is 101 Å². The predicted molar refractivity (Wildman–Crippen MR) is 65.5 cm³/mol. The second-order valence-electron chi connectivity index (χ2n) is 4.65. The third-order valence-electron chi connectivity index (χ3n) is 3.33.